The Morgan fingerprint density at radius 3 is 2.50 bits per heavy atom. The van der Waals surface area contributed by atoms with Gasteiger partial charge >= 0.3 is 0 Å². The second kappa shape index (κ2) is 6.44. The third kappa shape index (κ3) is 2.63. The minimum atomic E-state index is 0.214. The van der Waals surface area contributed by atoms with Gasteiger partial charge in [-0.05, 0) is 41.1 Å². The zero-order valence-electron chi connectivity index (χ0n) is 14.5. The second-order valence-corrected chi connectivity index (χ2v) is 5.92. The van der Waals surface area contributed by atoms with Crippen LogP contribution in [0, 0.1) is 0 Å². The molecular weight excluding hydrogens is 328 g/mol. The molecule has 0 spiro atoms. The summed E-state index contributed by atoms with van der Waals surface area (Å²) in [5.74, 6) is 1.52. The first-order valence-electron chi connectivity index (χ1n) is 8.20. The number of aromatic amines is 1. The Labute approximate surface area is 150 Å². The van der Waals surface area contributed by atoms with E-state index in [1.807, 2.05) is 54.6 Å². The highest BCUT2D eigenvalue weighted by Crippen LogP contribution is 2.37. The maximum absolute atomic E-state index is 10.4. The predicted molar refractivity (Wildman–Crippen MR) is 102 cm³/mol. The fraction of sp³-hybridized carbons (Fsp3) is 0.0952. The van der Waals surface area contributed by atoms with Crippen molar-refractivity contribution < 1.29 is 14.6 Å². The van der Waals surface area contributed by atoms with E-state index in [0.717, 1.165) is 33.3 Å². The van der Waals surface area contributed by atoms with Crippen molar-refractivity contribution in [1.82, 2.24) is 10.2 Å². The van der Waals surface area contributed by atoms with Crippen molar-refractivity contribution in [2.75, 3.05) is 14.2 Å². The van der Waals surface area contributed by atoms with Crippen molar-refractivity contribution in [3.8, 4) is 39.8 Å². The van der Waals surface area contributed by atoms with Crippen molar-refractivity contribution in [2.24, 2.45) is 0 Å². The first-order chi connectivity index (χ1) is 12.7. The maximum atomic E-state index is 10.4. The second-order valence-electron chi connectivity index (χ2n) is 5.92. The van der Waals surface area contributed by atoms with Gasteiger partial charge in [0.25, 0.3) is 0 Å². The van der Waals surface area contributed by atoms with E-state index in [0.29, 0.717) is 11.5 Å². The summed E-state index contributed by atoms with van der Waals surface area (Å²) in [6.45, 7) is 0. The highest BCUT2D eigenvalue weighted by Gasteiger charge is 2.14. The molecule has 0 aliphatic heterocycles. The Balaban J connectivity index is 1.82. The number of hydrogen-bond acceptors (Lipinski definition) is 4. The number of rotatable bonds is 4. The Morgan fingerprint density at radius 1 is 0.885 bits per heavy atom. The number of methoxy groups -OCH3 is 2. The number of phenolic OH excluding ortho intramolecular Hbond substituents is 1. The van der Waals surface area contributed by atoms with Crippen molar-refractivity contribution >= 4 is 10.8 Å². The lowest BCUT2D eigenvalue weighted by atomic mass is 10.0. The van der Waals surface area contributed by atoms with E-state index < -0.39 is 0 Å². The molecule has 4 rings (SSSR count). The molecule has 0 amide bonds. The van der Waals surface area contributed by atoms with E-state index in [1.165, 1.54) is 0 Å². The standard InChI is InChI=1S/C21H18N2O3/c1-25-19-10-8-14(11-20(19)26-2)16-12-17(23-22-16)21-15-6-4-3-5-13(15)7-9-18(21)24/h3-12,24H,1-2H3,(H,22,23). The van der Waals surface area contributed by atoms with Crippen LogP contribution < -0.4 is 9.47 Å². The van der Waals surface area contributed by atoms with Crippen molar-refractivity contribution in [3.05, 3.63) is 60.7 Å². The topological polar surface area (TPSA) is 67.4 Å². The molecule has 0 aliphatic rings. The zero-order chi connectivity index (χ0) is 18.1. The van der Waals surface area contributed by atoms with Crippen LogP contribution in [0.5, 0.6) is 17.2 Å². The van der Waals surface area contributed by atoms with Crippen molar-refractivity contribution in [3.63, 3.8) is 0 Å². The predicted octanol–water partition coefficient (Wildman–Crippen LogP) is 4.62. The number of benzene rings is 3. The molecule has 0 aliphatic carbocycles. The summed E-state index contributed by atoms with van der Waals surface area (Å²) in [5.41, 5.74) is 3.14. The molecule has 0 bridgehead atoms. The Hall–Kier alpha value is -3.47. The normalized spacial score (nSPS) is 10.8. The van der Waals surface area contributed by atoms with Crippen molar-refractivity contribution in [1.29, 1.82) is 0 Å². The lowest BCUT2D eigenvalue weighted by molar-refractivity contribution is 0.355. The van der Waals surface area contributed by atoms with Gasteiger partial charge in [-0.1, -0.05) is 30.3 Å². The van der Waals surface area contributed by atoms with Gasteiger partial charge in [0.15, 0.2) is 11.5 Å². The quantitative estimate of drug-likeness (QED) is 0.566. The molecule has 130 valence electrons. The molecule has 1 aromatic heterocycles. The molecule has 0 saturated carbocycles. The molecule has 0 saturated heterocycles. The Bertz CT molecular complexity index is 1090. The lowest BCUT2D eigenvalue weighted by Crippen LogP contribution is -1.90. The fourth-order valence-corrected chi connectivity index (χ4v) is 3.14. The molecule has 0 fully saturated rings. The summed E-state index contributed by atoms with van der Waals surface area (Å²) in [4.78, 5) is 0. The van der Waals surface area contributed by atoms with Gasteiger partial charge in [-0.25, -0.2) is 0 Å². The number of ether oxygens (including phenoxy) is 2. The first kappa shape index (κ1) is 16.0. The van der Waals surface area contributed by atoms with Crippen LogP contribution >= 0.6 is 0 Å². The highest BCUT2D eigenvalue weighted by molar-refractivity contribution is 5.99. The van der Waals surface area contributed by atoms with Gasteiger partial charge in [-0.3, -0.25) is 5.10 Å². The number of nitrogens with zero attached hydrogens (tertiary/aromatic N) is 1. The minimum absolute atomic E-state index is 0.214. The van der Waals surface area contributed by atoms with E-state index in [1.54, 1.807) is 20.3 Å². The summed E-state index contributed by atoms with van der Waals surface area (Å²) < 4.78 is 10.6. The number of H-pyrrole nitrogens is 1. The van der Waals surface area contributed by atoms with Crippen LogP contribution in [0.3, 0.4) is 0 Å². The number of aromatic nitrogens is 2. The molecule has 5 heteroatoms. The third-order valence-corrected chi connectivity index (χ3v) is 4.43. The van der Waals surface area contributed by atoms with Crippen LogP contribution in [-0.2, 0) is 0 Å². The molecule has 5 nitrogen and oxygen atoms in total. The lowest BCUT2D eigenvalue weighted by Gasteiger charge is -2.08. The monoisotopic (exact) mass is 346 g/mol. The smallest absolute Gasteiger partial charge is 0.161 e. The minimum Gasteiger partial charge on any atom is -0.507 e. The largest absolute Gasteiger partial charge is 0.507 e. The zero-order valence-corrected chi connectivity index (χ0v) is 14.5. The van der Waals surface area contributed by atoms with E-state index >= 15 is 0 Å². The number of phenols is 1. The number of fused-ring (bicyclic) bond motifs is 1. The van der Waals surface area contributed by atoms with Gasteiger partial charge in [0.1, 0.15) is 5.75 Å². The number of hydrogen-bond donors (Lipinski definition) is 2. The third-order valence-electron chi connectivity index (χ3n) is 4.43. The van der Waals surface area contributed by atoms with Gasteiger partial charge in [-0.2, -0.15) is 5.10 Å². The van der Waals surface area contributed by atoms with Crippen LogP contribution in [0.15, 0.2) is 60.7 Å². The summed E-state index contributed by atoms with van der Waals surface area (Å²) in [5, 5.41) is 19.9. The molecule has 26 heavy (non-hydrogen) atoms. The summed E-state index contributed by atoms with van der Waals surface area (Å²) in [7, 11) is 3.21. The van der Waals surface area contributed by atoms with E-state index in [4.69, 9.17) is 9.47 Å². The molecule has 2 N–H and O–H groups in total. The summed E-state index contributed by atoms with van der Waals surface area (Å²) in [6, 6.07) is 19.1. The van der Waals surface area contributed by atoms with Crippen LogP contribution in [0.25, 0.3) is 33.3 Å². The van der Waals surface area contributed by atoms with Gasteiger partial charge in [0.2, 0.25) is 0 Å². The Kier molecular flexibility index (Phi) is 3.97. The molecule has 0 radical (unpaired) electrons. The SMILES string of the molecule is COc1ccc(-c2cc(-c3c(O)ccc4ccccc34)[nH]n2)cc1OC. The van der Waals surface area contributed by atoms with Gasteiger partial charge in [-0.15, -0.1) is 0 Å². The van der Waals surface area contributed by atoms with Crippen LogP contribution in [0.1, 0.15) is 0 Å². The molecular formula is C21H18N2O3. The maximum Gasteiger partial charge on any atom is 0.161 e. The Morgan fingerprint density at radius 2 is 1.69 bits per heavy atom. The number of aromatic hydroxyl groups is 1. The molecule has 0 unspecified atom stereocenters. The first-order valence-corrected chi connectivity index (χ1v) is 8.20. The van der Waals surface area contributed by atoms with Crippen LogP contribution in [-0.4, -0.2) is 29.5 Å². The molecule has 4 aromatic rings. The number of nitrogens with one attached hydrogen (secondary N) is 1. The fourth-order valence-electron chi connectivity index (χ4n) is 3.14. The van der Waals surface area contributed by atoms with Gasteiger partial charge in [0, 0.05) is 11.1 Å². The van der Waals surface area contributed by atoms with Crippen LogP contribution in [0.4, 0.5) is 0 Å². The summed E-state index contributed by atoms with van der Waals surface area (Å²) >= 11 is 0. The molecule has 0 atom stereocenters. The van der Waals surface area contributed by atoms with E-state index in [-0.39, 0.29) is 5.75 Å². The van der Waals surface area contributed by atoms with Crippen LogP contribution in [0.2, 0.25) is 0 Å². The van der Waals surface area contributed by atoms with E-state index in [9.17, 15) is 5.11 Å². The summed E-state index contributed by atoms with van der Waals surface area (Å²) in [6.07, 6.45) is 0. The molecule has 3 aromatic carbocycles. The highest BCUT2D eigenvalue weighted by atomic mass is 16.5. The van der Waals surface area contributed by atoms with Crippen molar-refractivity contribution in [2.45, 2.75) is 0 Å². The van der Waals surface area contributed by atoms with E-state index in [2.05, 4.69) is 10.2 Å². The average molecular weight is 346 g/mol. The van der Waals surface area contributed by atoms with Gasteiger partial charge < -0.3 is 14.6 Å². The molecule has 1 heterocycles. The van der Waals surface area contributed by atoms with Gasteiger partial charge in [0.05, 0.1) is 25.6 Å². The average Bonchev–Trinajstić information content (AvgIpc) is 3.17.